The second-order valence-corrected chi connectivity index (χ2v) is 8.05. The van der Waals surface area contributed by atoms with Crippen LogP contribution in [0, 0.1) is 0 Å². The molecule has 0 unspecified atom stereocenters. The highest BCUT2D eigenvalue weighted by Gasteiger charge is 2.11. The summed E-state index contributed by atoms with van der Waals surface area (Å²) in [6.45, 7) is 6.46. The lowest BCUT2D eigenvalue weighted by Gasteiger charge is -2.12. The molecule has 0 spiro atoms. The molecule has 4 rings (SSSR count). The zero-order valence-electron chi connectivity index (χ0n) is 18.3. The van der Waals surface area contributed by atoms with E-state index in [0.717, 1.165) is 47.7 Å². The van der Waals surface area contributed by atoms with Gasteiger partial charge in [-0.15, -0.1) is 0 Å². The van der Waals surface area contributed by atoms with Gasteiger partial charge in [0, 0.05) is 6.54 Å². The van der Waals surface area contributed by atoms with Gasteiger partial charge >= 0.3 is 0 Å². The summed E-state index contributed by atoms with van der Waals surface area (Å²) < 4.78 is 14.2. The number of unbranched alkanes of at least 4 members (excludes halogenated alkanes) is 1. The van der Waals surface area contributed by atoms with Gasteiger partial charge in [-0.2, -0.15) is 0 Å². The van der Waals surface area contributed by atoms with Crippen LogP contribution in [0.1, 0.15) is 44.0 Å². The summed E-state index contributed by atoms with van der Waals surface area (Å²) in [6, 6.07) is 26.6. The smallest absolute Gasteiger partial charge is 0.147 e. The summed E-state index contributed by atoms with van der Waals surface area (Å²) >= 11 is 0. The van der Waals surface area contributed by atoms with Crippen molar-refractivity contribution in [3.05, 3.63) is 90.3 Å². The fourth-order valence-corrected chi connectivity index (χ4v) is 3.66. The third-order valence-corrected chi connectivity index (χ3v) is 5.44. The zero-order chi connectivity index (χ0) is 21.5. The molecule has 0 saturated carbocycles. The molecule has 31 heavy (non-hydrogen) atoms. The molecule has 0 atom stereocenters. The Balaban J connectivity index is 1.38. The Morgan fingerprint density at radius 2 is 1.48 bits per heavy atom. The van der Waals surface area contributed by atoms with E-state index in [1.165, 1.54) is 5.56 Å². The average Bonchev–Trinajstić information content (AvgIpc) is 3.16. The Hall–Kier alpha value is -3.27. The molecule has 0 radical (unpaired) electrons. The minimum atomic E-state index is 0.455. The molecule has 1 aromatic heterocycles. The van der Waals surface area contributed by atoms with Crippen LogP contribution in [0.5, 0.6) is 11.5 Å². The predicted octanol–water partition coefficient (Wildman–Crippen LogP) is 6.60. The molecule has 0 fully saturated rings. The van der Waals surface area contributed by atoms with Crippen LogP contribution in [-0.4, -0.2) is 16.2 Å². The first-order valence-corrected chi connectivity index (χ1v) is 11.1. The maximum absolute atomic E-state index is 6.07. The van der Waals surface area contributed by atoms with Crippen molar-refractivity contribution >= 4 is 11.0 Å². The molecule has 3 aromatic carbocycles. The maximum Gasteiger partial charge on any atom is 0.147 e. The minimum absolute atomic E-state index is 0.455. The van der Waals surface area contributed by atoms with Gasteiger partial charge in [0.2, 0.25) is 0 Å². The van der Waals surface area contributed by atoms with Crippen LogP contribution in [0.4, 0.5) is 0 Å². The van der Waals surface area contributed by atoms with E-state index in [1.807, 2.05) is 48.5 Å². The van der Waals surface area contributed by atoms with E-state index in [4.69, 9.17) is 14.5 Å². The highest BCUT2D eigenvalue weighted by molar-refractivity contribution is 5.75. The number of para-hydroxylation sites is 3. The summed E-state index contributed by atoms with van der Waals surface area (Å²) in [5, 5.41) is 0. The van der Waals surface area contributed by atoms with E-state index >= 15 is 0 Å². The number of hydrogen-bond acceptors (Lipinski definition) is 3. The number of hydrogen-bond donors (Lipinski definition) is 0. The quantitative estimate of drug-likeness (QED) is 0.274. The van der Waals surface area contributed by atoms with Gasteiger partial charge in [-0.25, -0.2) is 4.98 Å². The highest BCUT2D eigenvalue weighted by atomic mass is 16.5. The molecule has 1 heterocycles. The van der Waals surface area contributed by atoms with E-state index in [0.29, 0.717) is 19.1 Å². The number of benzene rings is 3. The van der Waals surface area contributed by atoms with Gasteiger partial charge in [-0.05, 0) is 60.7 Å². The second-order valence-electron chi connectivity index (χ2n) is 8.05. The second kappa shape index (κ2) is 10.2. The van der Waals surface area contributed by atoms with Gasteiger partial charge in [0.25, 0.3) is 0 Å². The first-order valence-electron chi connectivity index (χ1n) is 11.1. The average molecular weight is 415 g/mol. The molecular formula is C27H30N2O2. The van der Waals surface area contributed by atoms with Crippen LogP contribution in [0.3, 0.4) is 0 Å². The van der Waals surface area contributed by atoms with Gasteiger partial charge in [-0.1, -0.05) is 56.3 Å². The van der Waals surface area contributed by atoms with E-state index in [9.17, 15) is 0 Å². The number of aryl methyl sites for hydroxylation is 1. The minimum Gasteiger partial charge on any atom is -0.494 e. The lowest BCUT2D eigenvalue weighted by Crippen LogP contribution is -2.09. The van der Waals surface area contributed by atoms with Gasteiger partial charge < -0.3 is 14.0 Å². The summed E-state index contributed by atoms with van der Waals surface area (Å²) in [4.78, 5) is 4.83. The summed E-state index contributed by atoms with van der Waals surface area (Å²) in [7, 11) is 0. The third kappa shape index (κ3) is 5.46. The maximum atomic E-state index is 6.07. The van der Waals surface area contributed by atoms with Crippen molar-refractivity contribution in [1.82, 2.24) is 9.55 Å². The number of rotatable bonds is 10. The summed E-state index contributed by atoms with van der Waals surface area (Å²) in [6.07, 6.45) is 2.00. The number of aromatic nitrogens is 2. The van der Waals surface area contributed by atoms with Crippen molar-refractivity contribution in [2.75, 3.05) is 6.61 Å². The van der Waals surface area contributed by atoms with Gasteiger partial charge in [0.05, 0.1) is 17.6 Å². The normalized spacial score (nSPS) is 11.2. The fourth-order valence-electron chi connectivity index (χ4n) is 3.66. The van der Waals surface area contributed by atoms with Crippen molar-refractivity contribution in [3.63, 3.8) is 0 Å². The van der Waals surface area contributed by atoms with Crippen LogP contribution >= 0.6 is 0 Å². The van der Waals surface area contributed by atoms with Gasteiger partial charge in [0.15, 0.2) is 0 Å². The first kappa shape index (κ1) is 21.0. The Morgan fingerprint density at radius 3 is 2.26 bits per heavy atom. The molecule has 0 saturated heterocycles. The standard InChI is InChI=1S/C27H30N2O2/c1-21(2)22-14-16-24(17-15-22)31-20-27-28-25-12-6-7-13-26(25)29(27)18-8-9-19-30-23-10-4-3-5-11-23/h3-7,10-17,21H,8-9,18-20H2,1-2H3. The SMILES string of the molecule is CC(C)c1ccc(OCc2nc3ccccc3n2CCCCOc2ccccc2)cc1. The van der Waals surface area contributed by atoms with Crippen molar-refractivity contribution in [3.8, 4) is 11.5 Å². The Labute approximate surface area is 184 Å². The molecule has 0 bridgehead atoms. The Bertz CT molecular complexity index is 1090. The van der Waals surface area contributed by atoms with Crippen molar-refractivity contribution in [2.24, 2.45) is 0 Å². The first-order chi connectivity index (χ1) is 15.2. The number of ether oxygens (including phenoxy) is 2. The number of imidazole rings is 1. The largest absolute Gasteiger partial charge is 0.494 e. The molecule has 0 aliphatic rings. The molecule has 0 aliphatic heterocycles. The van der Waals surface area contributed by atoms with E-state index in [2.05, 4.69) is 48.7 Å². The van der Waals surface area contributed by atoms with Crippen LogP contribution in [0.2, 0.25) is 0 Å². The fraction of sp³-hybridized carbons (Fsp3) is 0.296. The predicted molar refractivity (Wildman–Crippen MR) is 126 cm³/mol. The molecule has 160 valence electrons. The Kier molecular flexibility index (Phi) is 6.88. The van der Waals surface area contributed by atoms with Crippen molar-refractivity contribution < 1.29 is 9.47 Å². The topological polar surface area (TPSA) is 36.3 Å². The zero-order valence-corrected chi connectivity index (χ0v) is 18.3. The molecule has 0 amide bonds. The number of fused-ring (bicyclic) bond motifs is 1. The third-order valence-electron chi connectivity index (χ3n) is 5.44. The van der Waals surface area contributed by atoms with Crippen molar-refractivity contribution in [2.45, 2.75) is 45.8 Å². The van der Waals surface area contributed by atoms with Crippen molar-refractivity contribution in [1.29, 1.82) is 0 Å². The van der Waals surface area contributed by atoms with Crippen LogP contribution in [0.15, 0.2) is 78.9 Å². The lowest BCUT2D eigenvalue weighted by molar-refractivity contribution is 0.285. The van der Waals surface area contributed by atoms with Gasteiger partial charge in [0.1, 0.15) is 23.9 Å². The van der Waals surface area contributed by atoms with E-state index < -0.39 is 0 Å². The molecule has 0 aliphatic carbocycles. The van der Waals surface area contributed by atoms with E-state index in [1.54, 1.807) is 0 Å². The molecule has 4 heteroatoms. The molecule has 4 nitrogen and oxygen atoms in total. The van der Waals surface area contributed by atoms with E-state index in [-0.39, 0.29) is 0 Å². The molecule has 4 aromatic rings. The van der Waals surface area contributed by atoms with Crippen LogP contribution in [0.25, 0.3) is 11.0 Å². The number of nitrogens with zero attached hydrogens (tertiary/aromatic N) is 2. The lowest BCUT2D eigenvalue weighted by atomic mass is 10.0. The summed E-state index contributed by atoms with van der Waals surface area (Å²) in [5.41, 5.74) is 3.48. The molecular weight excluding hydrogens is 384 g/mol. The van der Waals surface area contributed by atoms with Crippen LogP contribution < -0.4 is 9.47 Å². The monoisotopic (exact) mass is 414 g/mol. The van der Waals surface area contributed by atoms with Crippen LogP contribution in [-0.2, 0) is 13.2 Å². The summed E-state index contributed by atoms with van der Waals surface area (Å²) in [5.74, 6) is 3.27. The Morgan fingerprint density at radius 1 is 0.774 bits per heavy atom. The van der Waals surface area contributed by atoms with Gasteiger partial charge in [-0.3, -0.25) is 0 Å². The molecule has 0 N–H and O–H groups in total. The highest BCUT2D eigenvalue weighted by Crippen LogP contribution is 2.21.